The van der Waals surface area contributed by atoms with Crippen molar-refractivity contribution in [3.05, 3.63) is 46.5 Å². The lowest BCUT2D eigenvalue weighted by molar-refractivity contribution is 0.288. The fourth-order valence-corrected chi connectivity index (χ4v) is 3.05. The Labute approximate surface area is 141 Å². The van der Waals surface area contributed by atoms with E-state index in [1.165, 1.54) is 11.3 Å². The summed E-state index contributed by atoms with van der Waals surface area (Å²) < 4.78 is 0. The number of aliphatic hydroxyl groups is 1. The van der Waals surface area contributed by atoms with Crippen LogP contribution in [0.25, 0.3) is 16.8 Å². The molecule has 0 saturated carbocycles. The monoisotopic (exact) mass is 327 g/mol. The molecular formula is C18H21N3OS. The molecule has 5 heteroatoms. The van der Waals surface area contributed by atoms with Crippen LogP contribution >= 0.6 is 11.3 Å². The van der Waals surface area contributed by atoms with Gasteiger partial charge in [0.25, 0.3) is 0 Å². The molecule has 0 saturated heterocycles. The van der Waals surface area contributed by atoms with Crippen molar-refractivity contribution in [1.29, 1.82) is 5.26 Å². The van der Waals surface area contributed by atoms with Gasteiger partial charge in [-0.3, -0.25) is 4.90 Å². The molecule has 0 spiro atoms. The smallest absolute Gasteiger partial charge is 0.138 e. The fraction of sp³-hybridized carbons (Fsp3) is 0.333. The molecule has 0 amide bonds. The summed E-state index contributed by atoms with van der Waals surface area (Å²) in [6.07, 6.45) is 2.17. The van der Waals surface area contributed by atoms with Crippen LogP contribution in [-0.2, 0) is 0 Å². The summed E-state index contributed by atoms with van der Waals surface area (Å²) in [7, 11) is 1.94. The molecule has 120 valence electrons. The first kappa shape index (κ1) is 17.2. The zero-order chi connectivity index (χ0) is 16.7. The predicted molar refractivity (Wildman–Crippen MR) is 95.1 cm³/mol. The summed E-state index contributed by atoms with van der Waals surface area (Å²) >= 11 is 1.38. The highest BCUT2D eigenvalue weighted by Crippen LogP contribution is 2.27. The van der Waals surface area contributed by atoms with Crippen LogP contribution < -0.4 is 0 Å². The van der Waals surface area contributed by atoms with Gasteiger partial charge in [0.1, 0.15) is 22.4 Å². The number of thiazole rings is 1. The van der Waals surface area contributed by atoms with Gasteiger partial charge in [0.15, 0.2) is 0 Å². The molecule has 0 unspecified atom stereocenters. The summed E-state index contributed by atoms with van der Waals surface area (Å²) in [6, 6.07) is 11.9. The Balaban J connectivity index is 2.19. The Morgan fingerprint density at radius 1 is 1.35 bits per heavy atom. The van der Waals surface area contributed by atoms with Crippen LogP contribution in [0.1, 0.15) is 24.8 Å². The van der Waals surface area contributed by atoms with Gasteiger partial charge in [-0.05, 0) is 20.0 Å². The Bertz CT molecular complexity index is 701. The summed E-state index contributed by atoms with van der Waals surface area (Å²) in [5, 5.41) is 22.2. The molecule has 1 aromatic carbocycles. The van der Waals surface area contributed by atoms with E-state index < -0.39 is 0 Å². The molecule has 0 radical (unpaired) electrons. The third kappa shape index (κ3) is 4.65. The first-order chi connectivity index (χ1) is 11.2. The van der Waals surface area contributed by atoms with E-state index in [2.05, 4.69) is 18.0 Å². The van der Waals surface area contributed by atoms with Gasteiger partial charge in [-0.2, -0.15) is 5.26 Å². The van der Waals surface area contributed by atoms with E-state index in [9.17, 15) is 10.4 Å². The van der Waals surface area contributed by atoms with Crippen molar-refractivity contribution in [3.63, 3.8) is 0 Å². The van der Waals surface area contributed by atoms with Gasteiger partial charge in [0, 0.05) is 10.9 Å². The number of hydrogen-bond donors (Lipinski definition) is 1. The van der Waals surface area contributed by atoms with E-state index >= 15 is 0 Å². The molecule has 1 N–H and O–H groups in total. The maximum absolute atomic E-state index is 10.3. The Morgan fingerprint density at radius 2 is 2.09 bits per heavy atom. The second-order valence-corrected chi connectivity index (χ2v) is 6.29. The topological polar surface area (TPSA) is 60.1 Å². The van der Waals surface area contributed by atoms with Gasteiger partial charge in [-0.25, -0.2) is 4.98 Å². The van der Waals surface area contributed by atoms with Crippen LogP contribution in [0.5, 0.6) is 0 Å². The number of nitriles is 1. The largest absolute Gasteiger partial charge is 0.509 e. The van der Waals surface area contributed by atoms with E-state index in [4.69, 9.17) is 0 Å². The quantitative estimate of drug-likeness (QED) is 0.607. The number of aromatic nitrogens is 1. The first-order valence-corrected chi connectivity index (χ1v) is 8.55. The highest BCUT2D eigenvalue weighted by molar-refractivity contribution is 7.11. The minimum Gasteiger partial charge on any atom is -0.509 e. The predicted octanol–water partition coefficient (Wildman–Crippen LogP) is 4.33. The average molecular weight is 327 g/mol. The van der Waals surface area contributed by atoms with Crippen molar-refractivity contribution in [3.8, 4) is 17.3 Å². The third-order valence-electron chi connectivity index (χ3n) is 3.50. The van der Waals surface area contributed by atoms with E-state index in [1.807, 2.05) is 47.7 Å². The molecule has 1 heterocycles. The molecule has 2 aromatic rings. The minimum atomic E-state index is 0.0834. The van der Waals surface area contributed by atoms with Crippen molar-refractivity contribution in [2.75, 3.05) is 20.1 Å². The van der Waals surface area contributed by atoms with Crippen LogP contribution in [0.15, 0.2) is 41.5 Å². The van der Waals surface area contributed by atoms with Crippen molar-refractivity contribution in [1.82, 2.24) is 9.88 Å². The summed E-state index contributed by atoms with van der Waals surface area (Å²) in [5.74, 6) is 0.0834. The highest BCUT2D eigenvalue weighted by atomic mass is 32.1. The Morgan fingerprint density at radius 3 is 2.74 bits per heavy atom. The molecular weight excluding hydrogens is 306 g/mol. The number of benzene rings is 1. The van der Waals surface area contributed by atoms with Crippen molar-refractivity contribution in [2.45, 2.75) is 19.8 Å². The zero-order valence-electron chi connectivity index (χ0n) is 13.5. The fourth-order valence-electron chi connectivity index (χ4n) is 2.21. The molecule has 0 fully saturated rings. The number of allylic oxidation sites excluding steroid dienone is 1. The van der Waals surface area contributed by atoms with Crippen LogP contribution in [0.3, 0.4) is 0 Å². The van der Waals surface area contributed by atoms with E-state index in [0.717, 1.165) is 30.6 Å². The van der Waals surface area contributed by atoms with E-state index in [1.54, 1.807) is 0 Å². The lowest BCUT2D eigenvalue weighted by Gasteiger charge is -2.15. The molecule has 0 aliphatic carbocycles. The molecule has 0 bridgehead atoms. The lowest BCUT2D eigenvalue weighted by atomic mass is 10.2. The number of rotatable bonds is 7. The Kier molecular flexibility index (Phi) is 6.33. The standard InChI is InChI=1S/C18H21N3OS/c1-3-4-10-21(2)12-17(22)15(11-19)18-20-16(13-23-18)14-8-6-5-7-9-14/h5-9,13,22H,3-4,10,12H2,1-2H3. The maximum atomic E-state index is 10.3. The average Bonchev–Trinajstić information content (AvgIpc) is 3.04. The normalized spacial score (nSPS) is 12.1. The SMILES string of the molecule is CCCCN(C)CC(O)=C(C#N)c1nc(-c2ccccc2)cs1. The molecule has 0 atom stereocenters. The molecule has 23 heavy (non-hydrogen) atoms. The van der Waals surface area contributed by atoms with Gasteiger partial charge >= 0.3 is 0 Å². The van der Waals surface area contributed by atoms with E-state index in [-0.39, 0.29) is 11.3 Å². The maximum Gasteiger partial charge on any atom is 0.138 e. The molecule has 0 aliphatic rings. The first-order valence-electron chi connectivity index (χ1n) is 7.67. The number of aliphatic hydroxyl groups excluding tert-OH is 1. The lowest BCUT2D eigenvalue weighted by Crippen LogP contribution is -2.22. The summed E-state index contributed by atoms with van der Waals surface area (Å²) in [6.45, 7) is 3.39. The van der Waals surface area contributed by atoms with Crippen molar-refractivity contribution >= 4 is 16.9 Å². The van der Waals surface area contributed by atoms with E-state index in [0.29, 0.717) is 11.6 Å². The van der Waals surface area contributed by atoms with Crippen LogP contribution in [0, 0.1) is 11.3 Å². The Hall–Kier alpha value is -2.16. The van der Waals surface area contributed by atoms with Crippen LogP contribution in [-0.4, -0.2) is 35.1 Å². The number of hydrogen-bond acceptors (Lipinski definition) is 5. The summed E-state index contributed by atoms with van der Waals surface area (Å²) in [4.78, 5) is 6.52. The number of nitrogens with zero attached hydrogens (tertiary/aromatic N) is 3. The molecule has 0 aliphatic heterocycles. The highest BCUT2D eigenvalue weighted by Gasteiger charge is 2.15. The second-order valence-electron chi connectivity index (χ2n) is 5.43. The zero-order valence-corrected chi connectivity index (χ0v) is 14.3. The summed E-state index contributed by atoms with van der Waals surface area (Å²) in [5.41, 5.74) is 2.10. The molecule has 2 rings (SSSR count). The third-order valence-corrected chi connectivity index (χ3v) is 4.36. The van der Waals surface area contributed by atoms with Gasteiger partial charge < -0.3 is 5.11 Å². The second kappa shape index (κ2) is 8.47. The minimum absolute atomic E-state index is 0.0834. The van der Waals surface area contributed by atoms with Gasteiger partial charge in [0.05, 0.1) is 12.2 Å². The van der Waals surface area contributed by atoms with Crippen LogP contribution in [0.4, 0.5) is 0 Å². The van der Waals surface area contributed by atoms with Gasteiger partial charge in [-0.1, -0.05) is 43.7 Å². The van der Waals surface area contributed by atoms with Gasteiger partial charge in [-0.15, -0.1) is 11.3 Å². The number of unbranched alkanes of at least 4 members (excludes halogenated alkanes) is 1. The van der Waals surface area contributed by atoms with Crippen molar-refractivity contribution < 1.29 is 5.11 Å². The molecule has 1 aromatic heterocycles. The number of likely N-dealkylation sites (N-methyl/N-ethyl adjacent to an activating group) is 1. The van der Waals surface area contributed by atoms with Crippen molar-refractivity contribution in [2.24, 2.45) is 0 Å². The van der Waals surface area contributed by atoms with Crippen LogP contribution in [0.2, 0.25) is 0 Å². The van der Waals surface area contributed by atoms with Gasteiger partial charge in [0.2, 0.25) is 0 Å². The molecule has 4 nitrogen and oxygen atoms in total.